The summed E-state index contributed by atoms with van der Waals surface area (Å²) >= 11 is 0. The van der Waals surface area contributed by atoms with Gasteiger partial charge in [-0.25, -0.2) is 4.79 Å². The second kappa shape index (κ2) is 8.86. The van der Waals surface area contributed by atoms with Gasteiger partial charge in [-0.15, -0.1) is 0 Å². The van der Waals surface area contributed by atoms with Gasteiger partial charge in [0.2, 0.25) is 0 Å². The fraction of sp³-hybridized carbons (Fsp3) is 0.773. The third-order valence-corrected chi connectivity index (χ3v) is 7.27. The zero-order valence-electron chi connectivity index (χ0n) is 17.9. The van der Waals surface area contributed by atoms with Crippen molar-refractivity contribution >= 4 is 17.9 Å². The van der Waals surface area contributed by atoms with Gasteiger partial charge >= 0.3 is 17.9 Å². The van der Waals surface area contributed by atoms with Crippen LogP contribution in [0.4, 0.5) is 0 Å². The molecule has 0 aromatic rings. The summed E-state index contributed by atoms with van der Waals surface area (Å²) < 4.78 is 10.4. The first kappa shape index (κ1) is 23.4. The molecule has 5 atom stereocenters. The average Bonchev–Trinajstić information content (AvgIpc) is 2.60. The molecule has 2 aliphatic rings. The Bertz CT molecular complexity index is 668. The highest BCUT2D eigenvalue weighted by molar-refractivity contribution is 5.86. The van der Waals surface area contributed by atoms with Gasteiger partial charge in [-0.1, -0.05) is 39.3 Å². The third-order valence-electron chi connectivity index (χ3n) is 7.27. The number of methoxy groups -OCH3 is 1. The fourth-order valence-electron chi connectivity index (χ4n) is 5.79. The van der Waals surface area contributed by atoms with E-state index in [1.54, 1.807) is 0 Å². The summed E-state index contributed by atoms with van der Waals surface area (Å²) in [5.74, 6) is -4.51. The van der Waals surface area contributed by atoms with Crippen LogP contribution in [0.25, 0.3) is 0 Å². The van der Waals surface area contributed by atoms with Crippen LogP contribution < -0.4 is 0 Å². The molecule has 2 N–H and O–H groups in total. The van der Waals surface area contributed by atoms with Gasteiger partial charge in [0.1, 0.15) is 5.92 Å². The molecule has 2 fully saturated rings. The van der Waals surface area contributed by atoms with E-state index in [-0.39, 0.29) is 23.4 Å². The van der Waals surface area contributed by atoms with Gasteiger partial charge < -0.3 is 19.7 Å². The lowest BCUT2D eigenvalue weighted by atomic mass is 9.48. The first-order chi connectivity index (χ1) is 13.4. The number of aliphatic carboxylic acids is 2. The number of hydrogen-bond donors (Lipinski definition) is 2. The van der Waals surface area contributed by atoms with Crippen LogP contribution in [-0.2, 0) is 23.9 Å². The molecule has 0 amide bonds. The van der Waals surface area contributed by atoms with Crippen molar-refractivity contribution in [1.29, 1.82) is 0 Å². The third kappa shape index (κ3) is 4.82. The van der Waals surface area contributed by atoms with Gasteiger partial charge in [0.25, 0.3) is 0 Å². The first-order valence-corrected chi connectivity index (χ1v) is 10.3. The zero-order valence-corrected chi connectivity index (χ0v) is 17.9. The Hall–Kier alpha value is -1.89. The highest BCUT2D eigenvalue weighted by Gasteiger charge is 2.53. The highest BCUT2D eigenvalue weighted by Crippen LogP contribution is 2.60. The second-order valence-corrected chi connectivity index (χ2v) is 9.47. The van der Waals surface area contributed by atoms with Crippen molar-refractivity contribution in [1.82, 2.24) is 0 Å². The van der Waals surface area contributed by atoms with Crippen LogP contribution in [0.15, 0.2) is 12.2 Å². The van der Waals surface area contributed by atoms with Gasteiger partial charge in [0, 0.05) is 5.92 Å². The summed E-state index contributed by atoms with van der Waals surface area (Å²) in [4.78, 5) is 35.0. The standard InChI is InChI=1S/C22H34O7/c1-13-7-8-16-21(2,3)9-6-10-22(16,4)15(13)12-29-18(19(25)26)14(11-17(23)24)20(27)28-5/h14-16,18H,1,6-12H2,2-5H3,(H,23,24)(H,25,26)/t14-,15-,16-,18+,22+/m0/s1. The summed E-state index contributed by atoms with van der Waals surface area (Å²) in [6.07, 6.45) is 2.95. The Morgan fingerprint density at radius 3 is 2.41 bits per heavy atom. The van der Waals surface area contributed by atoms with Crippen LogP contribution in [0.3, 0.4) is 0 Å². The Balaban J connectivity index is 2.24. The topological polar surface area (TPSA) is 110 Å². The van der Waals surface area contributed by atoms with E-state index in [1.165, 1.54) is 0 Å². The largest absolute Gasteiger partial charge is 0.481 e. The van der Waals surface area contributed by atoms with E-state index in [9.17, 15) is 19.5 Å². The van der Waals surface area contributed by atoms with Crippen molar-refractivity contribution in [2.24, 2.45) is 28.6 Å². The maximum atomic E-state index is 12.0. The number of carboxylic acids is 2. The number of carbonyl (C=O) groups excluding carboxylic acids is 1. The molecule has 0 heterocycles. The molecule has 0 spiro atoms. The Kier molecular flexibility index (Phi) is 7.14. The van der Waals surface area contributed by atoms with E-state index in [0.29, 0.717) is 5.92 Å². The minimum absolute atomic E-state index is 0.0363. The first-order valence-electron chi connectivity index (χ1n) is 10.3. The number of fused-ring (bicyclic) bond motifs is 1. The molecule has 0 aromatic heterocycles. The van der Waals surface area contributed by atoms with E-state index in [0.717, 1.165) is 44.8 Å². The summed E-state index contributed by atoms with van der Waals surface area (Å²) in [5.41, 5.74) is 1.17. The van der Waals surface area contributed by atoms with Crippen LogP contribution in [0.2, 0.25) is 0 Å². The Morgan fingerprint density at radius 1 is 1.21 bits per heavy atom. The number of hydrogen-bond acceptors (Lipinski definition) is 5. The molecular formula is C22H34O7. The predicted molar refractivity (Wildman–Crippen MR) is 106 cm³/mol. The van der Waals surface area contributed by atoms with Gasteiger partial charge in [-0.3, -0.25) is 9.59 Å². The Labute approximate surface area is 172 Å². The van der Waals surface area contributed by atoms with Gasteiger partial charge in [-0.05, 0) is 42.4 Å². The quantitative estimate of drug-likeness (QED) is 0.465. The van der Waals surface area contributed by atoms with Gasteiger partial charge in [0.15, 0.2) is 6.10 Å². The number of esters is 1. The zero-order chi connectivity index (χ0) is 22.0. The SMILES string of the molecule is C=C1CC[C@H]2C(C)(C)CCC[C@]2(C)[C@H]1CO[C@@H](C(=O)O)[C@H](CC(=O)O)C(=O)OC. The molecular weight excluding hydrogens is 376 g/mol. The van der Waals surface area contributed by atoms with E-state index < -0.39 is 36.4 Å². The smallest absolute Gasteiger partial charge is 0.333 e. The lowest BCUT2D eigenvalue weighted by Crippen LogP contribution is -2.51. The summed E-state index contributed by atoms with van der Waals surface area (Å²) in [5, 5.41) is 18.7. The van der Waals surface area contributed by atoms with Crippen LogP contribution in [-0.4, -0.2) is 47.9 Å². The molecule has 0 saturated heterocycles. The number of carbonyl (C=O) groups is 3. The van der Waals surface area contributed by atoms with Crippen molar-refractivity contribution in [3.8, 4) is 0 Å². The van der Waals surface area contributed by atoms with Gasteiger partial charge in [-0.2, -0.15) is 0 Å². The number of carboxylic acid groups (broad SMARTS) is 2. The van der Waals surface area contributed by atoms with Crippen molar-refractivity contribution in [2.75, 3.05) is 13.7 Å². The molecule has 2 rings (SSSR count). The average molecular weight is 411 g/mol. The van der Waals surface area contributed by atoms with Crippen molar-refractivity contribution in [3.05, 3.63) is 12.2 Å². The van der Waals surface area contributed by atoms with E-state index in [1.807, 2.05) is 0 Å². The molecule has 0 aliphatic heterocycles. The lowest BCUT2D eigenvalue weighted by Gasteiger charge is -2.58. The van der Waals surface area contributed by atoms with E-state index in [4.69, 9.17) is 9.84 Å². The van der Waals surface area contributed by atoms with Crippen LogP contribution in [0.1, 0.15) is 59.3 Å². The predicted octanol–water partition coefficient (Wildman–Crippen LogP) is 3.52. The summed E-state index contributed by atoms with van der Waals surface area (Å²) in [6, 6.07) is 0. The normalized spacial score (nSPS) is 30.7. The number of rotatable bonds is 8. The van der Waals surface area contributed by atoms with Gasteiger partial charge in [0.05, 0.1) is 20.1 Å². The van der Waals surface area contributed by atoms with Crippen LogP contribution >= 0.6 is 0 Å². The maximum Gasteiger partial charge on any atom is 0.333 e. The minimum Gasteiger partial charge on any atom is -0.481 e. The van der Waals surface area contributed by atoms with Crippen molar-refractivity contribution < 1.29 is 34.1 Å². The van der Waals surface area contributed by atoms with Crippen LogP contribution in [0.5, 0.6) is 0 Å². The van der Waals surface area contributed by atoms with Crippen molar-refractivity contribution in [2.45, 2.75) is 65.4 Å². The van der Waals surface area contributed by atoms with Crippen LogP contribution in [0, 0.1) is 28.6 Å². The summed E-state index contributed by atoms with van der Waals surface area (Å²) in [6.45, 7) is 11.2. The Morgan fingerprint density at radius 2 is 1.86 bits per heavy atom. The van der Waals surface area contributed by atoms with Crippen molar-refractivity contribution in [3.63, 3.8) is 0 Å². The molecule has 29 heavy (non-hydrogen) atoms. The summed E-state index contributed by atoms with van der Waals surface area (Å²) in [7, 11) is 1.11. The molecule has 0 radical (unpaired) electrons. The highest BCUT2D eigenvalue weighted by atomic mass is 16.5. The second-order valence-electron chi connectivity index (χ2n) is 9.47. The molecule has 2 aliphatic carbocycles. The lowest BCUT2D eigenvalue weighted by molar-refractivity contribution is -0.171. The number of ether oxygens (including phenoxy) is 2. The molecule has 7 nitrogen and oxygen atoms in total. The molecule has 164 valence electrons. The molecule has 0 aromatic carbocycles. The maximum absolute atomic E-state index is 12.0. The monoisotopic (exact) mass is 410 g/mol. The van der Waals surface area contributed by atoms with E-state index in [2.05, 4.69) is 32.1 Å². The molecule has 7 heteroatoms. The molecule has 0 bridgehead atoms. The molecule has 0 unspecified atom stereocenters. The fourth-order valence-corrected chi connectivity index (χ4v) is 5.79. The van der Waals surface area contributed by atoms with E-state index >= 15 is 0 Å². The minimum atomic E-state index is -1.58. The molecule has 2 saturated carbocycles.